The van der Waals surface area contributed by atoms with E-state index in [9.17, 15) is 0 Å². The average molecular weight is 284 g/mol. The topological polar surface area (TPSA) is 0 Å². The number of hydrogen-bond acceptors (Lipinski definition) is 0. The van der Waals surface area contributed by atoms with Crippen LogP contribution in [-0.2, 0) is 0 Å². The Morgan fingerprint density at radius 1 is 1.05 bits per heavy atom. The summed E-state index contributed by atoms with van der Waals surface area (Å²) in [5.41, 5.74) is 1.01. The highest BCUT2D eigenvalue weighted by molar-refractivity contribution is 7.58. The zero-order valence-electron chi connectivity index (χ0n) is 14.6. The molecule has 1 heteroatoms. The summed E-state index contributed by atoms with van der Waals surface area (Å²) in [7, 11) is 0.266. The summed E-state index contributed by atoms with van der Waals surface area (Å²) in [6.07, 6.45) is 4.30. The van der Waals surface area contributed by atoms with Gasteiger partial charge in [-0.05, 0) is 54.0 Å². The van der Waals surface area contributed by atoms with Crippen LogP contribution in [0.1, 0.15) is 61.3 Å². The zero-order valence-corrected chi connectivity index (χ0v) is 15.5. The minimum Gasteiger partial charge on any atom is -0.106 e. The molecular weight excluding hydrogens is 247 g/mol. The van der Waals surface area contributed by atoms with Crippen molar-refractivity contribution in [3.8, 4) is 0 Å². The third-order valence-electron chi connectivity index (χ3n) is 5.80. The monoisotopic (exact) mass is 284 g/mol. The SMILES string of the molecule is CCC(C(C)C)C(CC)C1CP(C)C(C(C)C)C1C. The molecule has 1 saturated heterocycles. The molecule has 0 amide bonds. The van der Waals surface area contributed by atoms with Gasteiger partial charge in [0.05, 0.1) is 0 Å². The molecule has 114 valence electrons. The van der Waals surface area contributed by atoms with Gasteiger partial charge in [0, 0.05) is 0 Å². The molecule has 1 aliphatic rings. The molecule has 0 aliphatic carbocycles. The van der Waals surface area contributed by atoms with Gasteiger partial charge in [-0.25, -0.2) is 0 Å². The first-order valence-corrected chi connectivity index (χ1v) is 10.6. The molecule has 0 radical (unpaired) electrons. The van der Waals surface area contributed by atoms with Crippen molar-refractivity contribution in [2.24, 2.45) is 35.5 Å². The molecule has 0 saturated carbocycles. The third kappa shape index (κ3) is 3.75. The number of rotatable bonds is 6. The lowest BCUT2D eigenvalue weighted by molar-refractivity contribution is 0.141. The van der Waals surface area contributed by atoms with Crippen molar-refractivity contribution in [2.45, 2.75) is 67.0 Å². The fourth-order valence-corrected chi connectivity index (χ4v) is 8.66. The molecule has 0 aromatic rings. The van der Waals surface area contributed by atoms with Crippen LogP contribution in [0.3, 0.4) is 0 Å². The Hall–Kier alpha value is 0.430. The summed E-state index contributed by atoms with van der Waals surface area (Å²) >= 11 is 0. The van der Waals surface area contributed by atoms with E-state index in [1.807, 2.05) is 0 Å². The molecule has 1 heterocycles. The van der Waals surface area contributed by atoms with Crippen LogP contribution >= 0.6 is 7.92 Å². The Morgan fingerprint density at radius 2 is 1.63 bits per heavy atom. The van der Waals surface area contributed by atoms with Crippen molar-refractivity contribution >= 4 is 7.92 Å². The van der Waals surface area contributed by atoms with Crippen molar-refractivity contribution in [2.75, 3.05) is 12.8 Å². The first kappa shape index (κ1) is 17.5. The minimum atomic E-state index is 0.266. The van der Waals surface area contributed by atoms with Crippen LogP contribution in [0.4, 0.5) is 0 Å². The first-order chi connectivity index (χ1) is 8.84. The van der Waals surface area contributed by atoms with Gasteiger partial charge in [-0.1, -0.05) is 61.3 Å². The second-order valence-corrected chi connectivity index (χ2v) is 10.1. The van der Waals surface area contributed by atoms with Crippen molar-refractivity contribution in [3.63, 3.8) is 0 Å². The number of hydrogen-bond donors (Lipinski definition) is 0. The van der Waals surface area contributed by atoms with Crippen LogP contribution in [0.25, 0.3) is 0 Å². The van der Waals surface area contributed by atoms with Crippen molar-refractivity contribution in [3.05, 3.63) is 0 Å². The predicted molar refractivity (Wildman–Crippen MR) is 91.4 cm³/mol. The Kier molecular flexibility index (Phi) is 6.85. The van der Waals surface area contributed by atoms with E-state index >= 15 is 0 Å². The van der Waals surface area contributed by atoms with Crippen LogP contribution in [0.15, 0.2) is 0 Å². The second kappa shape index (κ2) is 7.44. The van der Waals surface area contributed by atoms with Crippen LogP contribution in [-0.4, -0.2) is 18.5 Å². The Balaban J connectivity index is 2.88. The maximum absolute atomic E-state index is 2.57. The Morgan fingerprint density at radius 3 is 1.95 bits per heavy atom. The maximum Gasteiger partial charge on any atom is -0.0160 e. The van der Waals surface area contributed by atoms with E-state index in [4.69, 9.17) is 0 Å². The van der Waals surface area contributed by atoms with Gasteiger partial charge in [0.2, 0.25) is 0 Å². The molecule has 1 aliphatic heterocycles. The van der Waals surface area contributed by atoms with Gasteiger partial charge >= 0.3 is 0 Å². The average Bonchev–Trinajstić information content (AvgIpc) is 2.60. The zero-order chi connectivity index (χ0) is 14.7. The van der Waals surface area contributed by atoms with E-state index in [2.05, 4.69) is 55.1 Å². The fourth-order valence-electron chi connectivity index (χ4n) is 5.11. The molecule has 0 aromatic heterocycles. The van der Waals surface area contributed by atoms with E-state index in [-0.39, 0.29) is 7.92 Å². The van der Waals surface area contributed by atoms with E-state index in [1.165, 1.54) is 12.8 Å². The Bertz CT molecular complexity index is 258. The highest BCUT2D eigenvalue weighted by atomic mass is 31.1. The normalized spacial score (nSPS) is 35.1. The third-order valence-corrected chi connectivity index (χ3v) is 8.89. The molecule has 1 rings (SSSR count). The van der Waals surface area contributed by atoms with Crippen molar-refractivity contribution in [1.29, 1.82) is 0 Å². The van der Waals surface area contributed by atoms with Crippen molar-refractivity contribution in [1.82, 2.24) is 0 Å². The maximum atomic E-state index is 2.57. The predicted octanol–water partition coefficient (Wildman–Crippen LogP) is 6.10. The molecule has 6 unspecified atom stereocenters. The van der Waals surface area contributed by atoms with Gasteiger partial charge in [0.1, 0.15) is 0 Å². The van der Waals surface area contributed by atoms with Crippen LogP contribution in [0.2, 0.25) is 0 Å². The highest BCUT2D eigenvalue weighted by Crippen LogP contribution is 2.58. The van der Waals surface area contributed by atoms with Crippen LogP contribution < -0.4 is 0 Å². The largest absolute Gasteiger partial charge is 0.106 e. The van der Waals surface area contributed by atoms with Crippen LogP contribution in [0, 0.1) is 35.5 Å². The molecule has 0 bridgehead atoms. The lowest BCUT2D eigenvalue weighted by atomic mass is 9.69. The van der Waals surface area contributed by atoms with Gasteiger partial charge in [-0.2, -0.15) is 0 Å². The van der Waals surface area contributed by atoms with E-state index in [0.717, 1.165) is 41.2 Å². The molecule has 0 aromatic carbocycles. The smallest absolute Gasteiger partial charge is 0.0160 e. The van der Waals surface area contributed by atoms with E-state index in [0.29, 0.717) is 0 Å². The second-order valence-electron chi connectivity index (χ2n) is 7.59. The summed E-state index contributed by atoms with van der Waals surface area (Å²) < 4.78 is 0. The highest BCUT2D eigenvalue weighted by Gasteiger charge is 2.44. The molecule has 19 heavy (non-hydrogen) atoms. The molecule has 0 spiro atoms. The fraction of sp³-hybridized carbons (Fsp3) is 1.00. The molecule has 0 nitrogen and oxygen atoms in total. The lowest BCUT2D eigenvalue weighted by Crippen LogP contribution is -2.32. The first-order valence-electron chi connectivity index (χ1n) is 8.55. The minimum absolute atomic E-state index is 0.266. The van der Waals surface area contributed by atoms with Crippen molar-refractivity contribution < 1.29 is 0 Å². The summed E-state index contributed by atoms with van der Waals surface area (Å²) in [5.74, 6) is 5.59. The van der Waals surface area contributed by atoms with Gasteiger partial charge in [-0.15, -0.1) is 7.92 Å². The summed E-state index contributed by atoms with van der Waals surface area (Å²) in [5, 5.41) is 0. The van der Waals surface area contributed by atoms with Gasteiger partial charge in [0.25, 0.3) is 0 Å². The van der Waals surface area contributed by atoms with Gasteiger partial charge in [-0.3, -0.25) is 0 Å². The van der Waals surface area contributed by atoms with Gasteiger partial charge < -0.3 is 0 Å². The molecule has 1 fully saturated rings. The summed E-state index contributed by atoms with van der Waals surface area (Å²) in [4.78, 5) is 0. The molecule has 6 atom stereocenters. The van der Waals surface area contributed by atoms with E-state index < -0.39 is 0 Å². The summed E-state index contributed by atoms with van der Waals surface area (Å²) in [6.45, 7) is 19.7. The Labute approximate surface area is 123 Å². The molecule has 0 N–H and O–H groups in total. The standard InChI is InChI=1S/C18H37P/c1-9-15(12(3)4)16(10-2)17-11-19(8)18(13(5)6)14(17)7/h12-18H,9-11H2,1-8H3. The quantitative estimate of drug-likeness (QED) is 0.517. The van der Waals surface area contributed by atoms with Crippen LogP contribution in [0.5, 0.6) is 0 Å². The lowest BCUT2D eigenvalue weighted by Gasteiger charge is -2.36. The van der Waals surface area contributed by atoms with Gasteiger partial charge in [0.15, 0.2) is 0 Å². The molecular formula is C18H37P. The summed E-state index contributed by atoms with van der Waals surface area (Å²) in [6, 6.07) is 0. The van der Waals surface area contributed by atoms with E-state index in [1.54, 1.807) is 6.16 Å².